The van der Waals surface area contributed by atoms with E-state index in [1.807, 2.05) is 13.0 Å². The Labute approximate surface area is 154 Å². The molecule has 1 aromatic carbocycles. The number of benzene rings is 1. The van der Waals surface area contributed by atoms with Gasteiger partial charge in [-0.1, -0.05) is 25.1 Å². The maximum Gasteiger partial charge on any atom is 0.211 e. The second-order valence-electron chi connectivity index (χ2n) is 5.99. The van der Waals surface area contributed by atoms with E-state index in [0.29, 0.717) is 16.9 Å². The molecule has 0 aliphatic carbocycles. The van der Waals surface area contributed by atoms with Crippen LogP contribution in [-0.2, 0) is 19.9 Å². The summed E-state index contributed by atoms with van der Waals surface area (Å²) in [4.78, 5) is 0.876. The van der Waals surface area contributed by atoms with E-state index in [1.54, 1.807) is 43.5 Å². The lowest BCUT2D eigenvalue weighted by Gasteiger charge is -2.19. The molecule has 0 unspecified atom stereocenters. The lowest BCUT2D eigenvalue weighted by atomic mass is 10.2. The second-order valence-corrected chi connectivity index (χ2v) is 11.0. The van der Waals surface area contributed by atoms with Crippen LogP contribution < -0.4 is 4.72 Å². The molecule has 0 saturated carbocycles. The summed E-state index contributed by atoms with van der Waals surface area (Å²) in [6, 6.07) is 8.78. The van der Waals surface area contributed by atoms with Gasteiger partial charge in [0, 0.05) is 11.4 Å². The molecule has 8 heteroatoms. The van der Waals surface area contributed by atoms with Gasteiger partial charge in [0.25, 0.3) is 0 Å². The smallest absolute Gasteiger partial charge is 0.211 e. The number of hydrogen-bond acceptors (Lipinski definition) is 5. The predicted molar refractivity (Wildman–Crippen MR) is 102 cm³/mol. The Hall–Kier alpha value is -1.22. The Morgan fingerprint density at radius 3 is 2.44 bits per heavy atom. The van der Waals surface area contributed by atoms with Gasteiger partial charge in [-0.15, -0.1) is 11.3 Å². The summed E-state index contributed by atoms with van der Waals surface area (Å²) in [6.07, 6.45) is 0.475. The first-order chi connectivity index (χ1) is 11.7. The molecule has 0 spiro atoms. The molecule has 2 rings (SSSR count). The first kappa shape index (κ1) is 20.1. The van der Waals surface area contributed by atoms with Crippen molar-refractivity contribution in [2.75, 3.05) is 12.3 Å². The first-order valence-corrected chi connectivity index (χ1v) is 12.1. The normalized spacial score (nSPS) is 13.7. The SMILES string of the molecule is CCCS(=O)(=O)NC[C@@H](c1cccs1)S(=O)(=O)c1cc(C)ccc1C. The van der Waals surface area contributed by atoms with Gasteiger partial charge in [-0.05, 0) is 48.9 Å². The van der Waals surface area contributed by atoms with Crippen molar-refractivity contribution in [1.29, 1.82) is 0 Å². The molecule has 1 atom stereocenters. The molecule has 1 heterocycles. The van der Waals surface area contributed by atoms with Gasteiger partial charge in [0.15, 0.2) is 9.84 Å². The molecule has 138 valence electrons. The van der Waals surface area contributed by atoms with Crippen molar-refractivity contribution >= 4 is 31.2 Å². The summed E-state index contributed by atoms with van der Waals surface area (Å²) in [5.41, 5.74) is 1.50. The molecule has 2 aromatic rings. The van der Waals surface area contributed by atoms with Crippen molar-refractivity contribution < 1.29 is 16.8 Å². The summed E-state index contributed by atoms with van der Waals surface area (Å²) in [7, 11) is -7.22. The molecule has 0 fully saturated rings. The monoisotopic (exact) mass is 401 g/mol. The van der Waals surface area contributed by atoms with Gasteiger partial charge in [0.05, 0.1) is 10.6 Å². The highest BCUT2D eigenvalue weighted by Gasteiger charge is 2.32. The molecule has 1 aromatic heterocycles. The number of thiophene rings is 1. The maximum absolute atomic E-state index is 13.3. The number of sulfone groups is 1. The highest BCUT2D eigenvalue weighted by Crippen LogP contribution is 2.33. The molecule has 5 nitrogen and oxygen atoms in total. The highest BCUT2D eigenvalue weighted by atomic mass is 32.2. The Balaban J connectivity index is 2.44. The van der Waals surface area contributed by atoms with Crippen LogP contribution in [0.15, 0.2) is 40.6 Å². The lowest BCUT2D eigenvalue weighted by molar-refractivity contribution is 0.568. The minimum Gasteiger partial charge on any atom is -0.223 e. The quantitative estimate of drug-likeness (QED) is 0.736. The van der Waals surface area contributed by atoms with Crippen LogP contribution in [0, 0.1) is 13.8 Å². The van der Waals surface area contributed by atoms with Crippen molar-refractivity contribution in [3.63, 3.8) is 0 Å². The van der Waals surface area contributed by atoms with E-state index >= 15 is 0 Å². The number of hydrogen-bond donors (Lipinski definition) is 1. The molecular formula is C17H23NO4S3. The standard InChI is InChI=1S/C17H23NO4S3/c1-4-10-24(19,20)18-12-17(15-6-5-9-23-15)25(21,22)16-11-13(2)7-8-14(16)3/h5-9,11,17-18H,4,10,12H2,1-3H3/t17-/m0/s1. The lowest BCUT2D eigenvalue weighted by Crippen LogP contribution is -2.33. The summed E-state index contributed by atoms with van der Waals surface area (Å²) in [5.74, 6) is -0.0202. The molecule has 25 heavy (non-hydrogen) atoms. The van der Waals surface area contributed by atoms with Gasteiger partial charge < -0.3 is 0 Å². The largest absolute Gasteiger partial charge is 0.223 e. The molecule has 0 bridgehead atoms. The fourth-order valence-electron chi connectivity index (χ4n) is 2.55. The topological polar surface area (TPSA) is 80.3 Å². The van der Waals surface area contributed by atoms with E-state index < -0.39 is 25.1 Å². The minimum atomic E-state index is -3.73. The van der Waals surface area contributed by atoms with Crippen molar-refractivity contribution in [3.05, 3.63) is 51.7 Å². The number of rotatable bonds is 8. The van der Waals surface area contributed by atoms with E-state index in [0.717, 1.165) is 5.56 Å². The Morgan fingerprint density at radius 2 is 1.84 bits per heavy atom. The maximum atomic E-state index is 13.3. The van der Waals surface area contributed by atoms with E-state index in [2.05, 4.69) is 4.72 Å². The zero-order valence-electron chi connectivity index (χ0n) is 14.5. The van der Waals surface area contributed by atoms with Crippen LogP contribution in [0.25, 0.3) is 0 Å². The van der Waals surface area contributed by atoms with E-state index in [-0.39, 0.29) is 17.2 Å². The molecular weight excluding hydrogens is 378 g/mol. The van der Waals surface area contributed by atoms with Gasteiger partial charge in [-0.25, -0.2) is 21.6 Å². The van der Waals surface area contributed by atoms with Crippen LogP contribution in [0.3, 0.4) is 0 Å². The third-order valence-corrected chi connectivity index (χ3v) is 8.76. The molecule has 0 aliphatic rings. The molecule has 0 aliphatic heterocycles. The number of sulfonamides is 1. The molecule has 0 saturated heterocycles. The second kappa shape index (κ2) is 7.99. The predicted octanol–water partition coefficient (Wildman–Crippen LogP) is 3.21. The number of nitrogens with one attached hydrogen (secondary N) is 1. The zero-order chi connectivity index (χ0) is 18.7. The van der Waals surface area contributed by atoms with Gasteiger partial charge in [-0.2, -0.15) is 0 Å². The van der Waals surface area contributed by atoms with Gasteiger partial charge >= 0.3 is 0 Å². The van der Waals surface area contributed by atoms with Crippen LogP contribution in [0.2, 0.25) is 0 Å². The van der Waals surface area contributed by atoms with Gasteiger partial charge in [-0.3, -0.25) is 0 Å². The minimum absolute atomic E-state index is 0.0202. The fourth-order valence-corrected chi connectivity index (χ4v) is 6.87. The summed E-state index contributed by atoms with van der Waals surface area (Å²) >= 11 is 1.31. The summed E-state index contributed by atoms with van der Waals surface area (Å²) in [6.45, 7) is 5.18. The number of aryl methyl sites for hydroxylation is 2. The van der Waals surface area contributed by atoms with Crippen LogP contribution in [0.5, 0.6) is 0 Å². The fraction of sp³-hybridized carbons (Fsp3) is 0.412. The van der Waals surface area contributed by atoms with Crippen molar-refractivity contribution in [3.8, 4) is 0 Å². The van der Waals surface area contributed by atoms with Crippen molar-refractivity contribution in [1.82, 2.24) is 4.72 Å². The van der Waals surface area contributed by atoms with E-state index in [1.165, 1.54) is 11.3 Å². The van der Waals surface area contributed by atoms with Gasteiger partial charge in [0.2, 0.25) is 10.0 Å². The van der Waals surface area contributed by atoms with Crippen LogP contribution in [0.1, 0.15) is 34.6 Å². The van der Waals surface area contributed by atoms with Gasteiger partial charge in [0.1, 0.15) is 5.25 Å². The third-order valence-electron chi connectivity index (χ3n) is 3.85. The molecule has 0 radical (unpaired) electrons. The van der Waals surface area contributed by atoms with Crippen LogP contribution in [0.4, 0.5) is 0 Å². The van der Waals surface area contributed by atoms with E-state index in [4.69, 9.17) is 0 Å². The van der Waals surface area contributed by atoms with Crippen molar-refractivity contribution in [2.45, 2.75) is 37.3 Å². The Kier molecular flexibility index (Phi) is 6.42. The first-order valence-electron chi connectivity index (χ1n) is 7.99. The van der Waals surface area contributed by atoms with Crippen LogP contribution in [-0.4, -0.2) is 29.1 Å². The molecule has 1 N–H and O–H groups in total. The Bertz CT molecular complexity index is 917. The highest BCUT2D eigenvalue weighted by molar-refractivity contribution is 7.92. The third kappa shape index (κ3) is 4.91. The summed E-state index contributed by atoms with van der Waals surface area (Å²) < 4.78 is 52.9. The average molecular weight is 402 g/mol. The van der Waals surface area contributed by atoms with Crippen LogP contribution >= 0.6 is 11.3 Å². The zero-order valence-corrected chi connectivity index (χ0v) is 17.0. The average Bonchev–Trinajstić information content (AvgIpc) is 3.03. The Morgan fingerprint density at radius 1 is 1.12 bits per heavy atom. The summed E-state index contributed by atoms with van der Waals surface area (Å²) in [5, 5.41) is 0.848. The molecule has 0 amide bonds. The van der Waals surface area contributed by atoms with E-state index in [9.17, 15) is 16.8 Å². The van der Waals surface area contributed by atoms with Crippen molar-refractivity contribution in [2.24, 2.45) is 0 Å².